The molecule has 0 radical (unpaired) electrons. The van der Waals surface area contributed by atoms with Gasteiger partial charge in [-0.3, -0.25) is 4.79 Å². The highest BCUT2D eigenvalue weighted by atomic mass is 16.2. The molecule has 3 rings (SSSR count). The van der Waals surface area contributed by atoms with Crippen molar-refractivity contribution in [3.05, 3.63) is 17.3 Å². The fraction of sp³-hybridized carbons (Fsp3) is 0.706. The lowest BCUT2D eigenvalue weighted by Crippen LogP contribution is -2.37. The molecule has 0 saturated heterocycles. The molecule has 120 valence electrons. The number of amides is 1. The van der Waals surface area contributed by atoms with Crippen LogP contribution in [0.4, 0.5) is 5.82 Å². The van der Waals surface area contributed by atoms with E-state index in [4.69, 9.17) is 0 Å². The molecule has 1 N–H and O–H groups in total. The Balaban J connectivity index is 1.62. The number of rotatable bonds is 4. The molecular weight excluding hydrogens is 276 g/mol. The molecule has 0 spiro atoms. The number of fused-ring (bicyclic) bond motifs is 1. The van der Waals surface area contributed by atoms with Crippen LogP contribution in [0.5, 0.6) is 0 Å². The first-order valence-corrected chi connectivity index (χ1v) is 8.63. The van der Waals surface area contributed by atoms with Gasteiger partial charge in [0.1, 0.15) is 5.82 Å². The zero-order chi connectivity index (χ0) is 15.4. The molecule has 2 aliphatic rings. The summed E-state index contributed by atoms with van der Waals surface area (Å²) in [6.07, 6.45) is 7.94. The molecule has 1 amide bonds. The molecule has 5 nitrogen and oxygen atoms in total. The number of carbonyl (C=O) groups excluding carboxylic acids is 1. The van der Waals surface area contributed by atoms with Crippen LogP contribution in [0, 0.1) is 5.92 Å². The van der Waals surface area contributed by atoms with Crippen LogP contribution in [-0.4, -0.2) is 34.1 Å². The third-order valence-electron chi connectivity index (χ3n) is 4.84. The molecule has 1 saturated carbocycles. The van der Waals surface area contributed by atoms with E-state index in [1.165, 1.54) is 32.1 Å². The molecule has 1 fully saturated rings. The minimum Gasteiger partial charge on any atom is -0.369 e. The van der Waals surface area contributed by atoms with Gasteiger partial charge >= 0.3 is 0 Å². The maximum Gasteiger partial charge on any atom is 0.223 e. The Morgan fingerprint density at radius 2 is 2.14 bits per heavy atom. The largest absolute Gasteiger partial charge is 0.369 e. The molecule has 0 aromatic carbocycles. The Labute approximate surface area is 132 Å². The van der Waals surface area contributed by atoms with Gasteiger partial charge in [-0.2, -0.15) is 5.10 Å². The number of hydrogen-bond acceptors (Lipinski definition) is 4. The van der Waals surface area contributed by atoms with Crippen molar-refractivity contribution in [2.24, 2.45) is 5.92 Å². The summed E-state index contributed by atoms with van der Waals surface area (Å²) in [6.45, 7) is 4.35. The summed E-state index contributed by atoms with van der Waals surface area (Å²) in [5.74, 6) is 1.73. The van der Waals surface area contributed by atoms with Gasteiger partial charge in [0.15, 0.2) is 0 Å². The van der Waals surface area contributed by atoms with E-state index in [2.05, 4.69) is 15.5 Å². The van der Waals surface area contributed by atoms with E-state index in [-0.39, 0.29) is 0 Å². The molecule has 0 atom stereocenters. The van der Waals surface area contributed by atoms with Gasteiger partial charge in [-0.05, 0) is 37.3 Å². The highest BCUT2D eigenvalue weighted by molar-refractivity contribution is 5.76. The van der Waals surface area contributed by atoms with Crippen molar-refractivity contribution >= 4 is 11.7 Å². The van der Waals surface area contributed by atoms with Crippen LogP contribution >= 0.6 is 0 Å². The first-order chi connectivity index (χ1) is 10.8. The zero-order valence-corrected chi connectivity index (χ0v) is 13.5. The van der Waals surface area contributed by atoms with Crippen molar-refractivity contribution in [2.75, 3.05) is 18.4 Å². The van der Waals surface area contributed by atoms with Crippen LogP contribution in [0.3, 0.4) is 0 Å². The third-order valence-corrected chi connectivity index (χ3v) is 4.84. The highest BCUT2D eigenvalue weighted by Crippen LogP contribution is 2.28. The summed E-state index contributed by atoms with van der Waals surface area (Å²) in [5, 5.41) is 11.7. The second-order valence-corrected chi connectivity index (χ2v) is 6.51. The monoisotopic (exact) mass is 302 g/mol. The predicted molar refractivity (Wildman–Crippen MR) is 86.5 cm³/mol. The normalized spacial score (nSPS) is 18.9. The average Bonchev–Trinajstić information content (AvgIpc) is 2.55. The van der Waals surface area contributed by atoms with E-state index in [1.807, 2.05) is 17.9 Å². The number of nitrogens with zero attached hydrogens (tertiary/aromatic N) is 3. The first-order valence-electron chi connectivity index (χ1n) is 8.63. The molecule has 1 aromatic heterocycles. The SMILES string of the molecule is CCNc1cc2c(nn1)CCN(C(=O)CC1CCCCC1)C2. The minimum atomic E-state index is 0.319. The molecule has 0 unspecified atom stereocenters. The molecule has 22 heavy (non-hydrogen) atoms. The second-order valence-electron chi connectivity index (χ2n) is 6.51. The van der Waals surface area contributed by atoms with Crippen molar-refractivity contribution in [3.63, 3.8) is 0 Å². The van der Waals surface area contributed by atoms with Gasteiger partial charge in [-0.25, -0.2) is 0 Å². The Morgan fingerprint density at radius 1 is 1.32 bits per heavy atom. The standard InChI is InChI=1S/C17H26N4O/c1-2-18-16-11-14-12-21(9-8-15(14)19-20-16)17(22)10-13-6-4-3-5-7-13/h11,13H,2-10,12H2,1H3,(H,18,20). The highest BCUT2D eigenvalue weighted by Gasteiger charge is 2.25. The minimum absolute atomic E-state index is 0.319. The number of carbonyl (C=O) groups is 1. The fourth-order valence-electron chi connectivity index (χ4n) is 3.58. The smallest absolute Gasteiger partial charge is 0.223 e. The Bertz CT molecular complexity index is 525. The van der Waals surface area contributed by atoms with Gasteiger partial charge in [0.2, 0.25) is 5.91 Å². The van der Waals surface area contributed by atoms with Gasteiger partial charge < -0.3 is 10.2 Å². The Hall–Kier alpha value is -1.65. The van der Waals surface area contributed by atoms with Crippen LogP contribution < -0.4 is 5.32 Å². The molecule has 5 heteroatoms. The van der Waals surface area contributed by atoms with Crippen LogP contribution in [0.2, 0.25) is 0 Å². The fourth-order valence-corrected chi connectivity index (χ4v) is 3.58. The summed E-state index contributed by atoms with van der Waals surface area (Å²) < 4.78 is 0. The van der Waals surface area contributed by atoms with Crippen LogP contribution in [0.1, 0.15) is 56.7 Å². The summed E-state index contributed by atoms with van der Waals surface area (Å²) in [5.41, 5.74) is 2.19. The number of nitrogens with one attached hydrogen (secondary N) is 1. The van der Waals surface area contributed by atoms with Gasteiger partial charge in [0.25, 0.3) is 0 Å². The van der Waals surface area contributed by atoms with E-state index in [9.17, 15) is 4.79 Å². The first kappa shape index (κ1) is 15.3. The molecule has 1 aromatic rings. The zero-order valence-electron chi connectivity index (χ0n) is 13.5. The second kappa shape index (κ2) is 7.07. The maximum atomic E-state index is 12.6. The molecule has 0 bridgehead atoms. The lowest BCUT2D eigenvalue weighted by molar-refractivity contribution is -0.133. The summed E-state index contributed by atoms with van der Waals surface area (Å²) >= 11 is 0. The number of aromatic nitrogens is 2. The van der Waals surface area contributed by atoms with Gasteiger partial charge in [0, 0.05) is 32.5 Å². The lowest BCUT2D eigenvalue weighted by Gasteiger charge is -2.30. The van der Waals surface area contributed by atoms with Crippen molar-refractivity contribution < 1.29 is 4.79 Å². The number of anilines is 1. The van der Waals surface area contributed by atoms with E-state index in [1.54, 1.807) is 0 Å². The van der Waals surface area contributed by atoms with E-state index >= 15 is 0 Å². The predicted octanol–water partition coefficient (Wildman–Crippen LogP) is 2.76. The van der Waals surface area contributed by atoms with Gasteiger partial charge in [0.05, 0.1) is 5.69 Å². The topological polar surface area (TPSA) is 58.1 Å². The van der Waals surface area contributed by atoms with Crippen LogP contribution in [-0.2, 0) is 17.8 Å². The Morgan fingerprint density at radius 3 is 2.91 bits per heavy atom. The quantitative estimate of drug-likeness (QED) is 0.929. The van der Waals surface area contributed by atoms with E-state index in [0.29, 0.717) is 18.4 Å². The van der Waals surface area contributed by atoms with Crippen molar-refractivity contribution in [1.29, 1.82) is 0 Å². The van der Waals surface area contributed by atoms with E-state index in [0.717, 1.165) is 43.0 Å². The van der Waals surface area contributed by atoms with E-state index < -0.39 is 0 Å². The average molecular weight is 302 g/mol. The van der Waals surface area contributed by atoms with Crippen molar-refractivity contribution in [3.8, 4) is 0 Å². The molecule has 2 heterocycles. The van der Waals surface area contributed by atoms with Crippen molar-refractivity contribution in [1.82, 2.24) is 15.1 Å². The summed E-state index contributed by atoms with van der Waals surface area (Å²) in [4.78, 5) is 14.6. The van der Waals surface area contributed by atoms with Gasteiger partial charge in [-0.15, -0.1) is 5.10 Å². The van der Waals surface area contributed by atoms with Crippen molar-refractivity contribution in [2.45, 2.75) is 58.4 Å². The third kappa shape index (κ3) is 3.57. The summed E-state index contributed by atoms with van der Waals surface area (Å²) in [7, 11) is 0. The lowest BCUT2D eigenvalue weighted by atomic mass is 9.86. The summed E-state index contributed by atoms with van der Waals surface area (Å²) in [6, 6.07) is 2.05. The molecule has 1 aliphatic carbocycles. The van der Waals surface area contributed by atoms with Gasteiger partial charge in [-0.1, -0.05) is 19.3 Å². The number of hydrogen-bond donors (Lipinski definition) is 1. The van der Waals surface area contributed by atoms with Crippen LogP contribution in [0.15, 0.2) is 6.07 Å². The molecular formula is C17H26N4O. The Kier molecular flexibility index (Phi) is 4.90. The van der Waals surface area contributed by atoms with Crippen LogP contribution in [0.25, 0.3) is 0 Å². The maximum absolute atomic E-state index is 12.6. The molecule has 1 aliphatic heterocycles.